The molecule has 0 N–H and O–H groups in total. The zero-order chi connectivity index (χ0) is 4.41. The summed E-state index contributed by atoms with van der Waals surface area (Å²) in [5, 5.41) is 8.06. The van der Waals surface area contributed by atoms with E-state index in [2.05, 4.69) is 6.07 Å². The molecule has 0 aromatic heterocycles. The number of nitrogens with zero attached hydrogens (tertiary/aromatic N) is 1. The first kappa shape index (κ1) is 3.63. The van der Waals surface area contributed by atoms with E-state index in [1.165, 1.54) is 0 Å². The van der Waals surface area contributed by atoms with Crippen molar-refractivity contribution in [2.45, 2.75) is 0 Å². The SMILES string of the molecule is N#CC1COC1. The third kappa shape index (κ3) is 0.373. The Morgan fingerprint density at radius 2 is 2.33 bits per heavy atom. The van der Waals surface area contributed by atoms with Crippen molar-refractivity contribution in [3.63, 3.8) is 0 Å². The second kappa shape index (κ2) is 1.27. The number of rotatable bonds is 0. The van der Waals surface area contributed by atoms with Crippen LogP contribution in [0.5, 0.6) is 0 Å². The van der Waals surface area contributed by atoms with Crippen molar-refractivity contribution in [1.29, 1.82) is 5.26 Å². The second-order valence-electron chi connectivity index (χ2n) is 1.36. The van der Waals surface area contributed by atoms with E-state index in [0.29, 0.717) is 13.2 Å². The van der Waals surface area contributed by atoms with Crippen molar-refractivity contribution >= 4 is 0 Å². The largest absolute Gasteiger partial charge is 0.379 e. The Morgan fingerprint density at radius 1 is 1.67 bits per heavy atom. The van der Waals surface area contributed by atoms with E-state index in [-0.39, 0.29) is 5.92 Å². The molecule has 0 amide bonds. The molecule has 0 radical (unpaired) electrons. The Balaban J connectivity index is 2.22. The molecule has 1 aliphatic rings. The third-order valence-corrected chi connectivity index (χ3v) is 0.821. The van der Waals surface area contributed by atoms with Gasteiger partial charge in [0.1, 0.15) is 0 Å². The van der Waals surface area contributed by atoms with Crippen LogP contribution in [0.3, 0.4) is 0 Å². The van der Waals surface area contributed by atoms with E-state index in [1.54, 1.807) is 0 Å². The van der Waals surface area contributed by atoms with Crippen LogP contribution in [-0.4, -0.2) is 13.2 Å². The molecular formula is C4H5NO. The van der Waals surface area contributed by atoms with E-state index < -0.39 is 0 Å². The summed E-state index contributed by atoms with van der Waals surface area (Å²) in [6.45, 7) is 1.30. The van der Waals surface area contributed by atoms with E-state index in [4.69, 9.17) is 10.00 Å². The number of ether oxygens (including phenoxy) is 1. The number of hydrogen-bond donors (Lipinski definition) is 0. The fourth-order valence-electron chi connectivity index (χ4n) is 0.310. The van der Waals surface area contributed by atoms with Gasteiger partial charge in [-0.05, 0) is 0 Å². The van der Waals surface area contributed by atoms with Gasteiger partial charge in [-0.2, -0.15) is 5.26 Å². The maximum atomic E-state index is 8.06. The lowest BCUT2D eigenvalue weighted by molar-refractivity contribution is -0.00394. The normalized spacial score (nSPS) is 21.8. The summed E-state index contributed by atoms with van der Waals surface area (Å²) >= 11 is 0. The highest BCUT2D eigenvalue weighted by atomic mass is 16.5. The first-order chi connectivity index (χ1) is 2.93. The van der Waals surface area contributed by atoms with Gasteiger partial charge in [0.2, 0.25) is 0 Å². The van der Waals surface area contributed by atoms with Crippen LogP contribution in [-0.2, 0) is 4.74 Å². The van der Waals surface area contributed by atoms with Crippen molar-refractivity contribution in [1.82, 2.24) is 0 Å². The van der Waals surface area contributed by atoms with Gasteiger partial charge < -0.3 is 4.74 Å². The van der Waals surface area contributed by atoms with Crippen molar-refractivity contribution in [3.8, 4) is 6.07 Å². The molecule has 32 valence electrons. The van der Waals surface area contributed by atoms with Crippen molar-refractivity contribution in [2.24, 2.45) is 5.92 Å². The van der Waals surface area contributed by atoms with Gasteiger partial charge in [-0.15, -0.1) is 0 Å². The summed E-state index contributed by atoms with van der Waals surface area (Å²) in [4.78, 5) is 0. The fourth-order valence-corrected chi connectivity index (χ4v) is 0.310. The first-order valence-electron chi connectivity index (χ1n) is 1.91. The average Bonchev–Trinajstić information content (AvgIpc) is 1.31. The topological polar surface area (TPSA) is 33.0 Å². The fraction of sp³-hybridized carbons (Fsp3) is 0.750. The summed E-state index contributed by atoms with van der Waals surface area (Å²) in [6.07, 6.45) is 0. The molecule has 0 aliphatic carbocycles. The lowest BCUT2D eigenvalue weighted by atomic mass is 10.1. The second-order valence-corrected chi connectivity index (χ2v) is 1.36. The van der Waals surface area contributed by atoms with Gasteiger partial charge in [0, 0.05) is 0 Å². The molecule has 1 aliphatic heterocycles. The maximum Gasteiger partial charge on any atom is 0.0930 e. The van der Waals surface area contributed by atoms with Crippen molar-refractivity contribution in [2.75, 3.05) is 13.2 Å². The highest BCUT2D eigenvalue weighted by molar-refractivity contribution is 4.86. The smallest absolute Gasteiger partial charge is 0.0930 e. The highest BCUT2D eigenvalue weighted by Crippen LogP contribution is 2.05. The molecule has 1 heterocycles. The molecule has 0 aromatic carbocycles. The van der Waals surface area contributed by atoms with Crippen LogP contribution in [0.2, 0.25) is 0 Å². The van der Waals surface area contributed by atoms with Crippen LogP contribution in [0.15, 0.2) is 0 Å². The van der Waals surface area contributed by atoms with E-state index in [1.807, 2.05) is 0 Å². The molecule has 1 saturated heterocycles. The quantitative estimate of drug-likeness (QED) is 0.418. The predicted octanol–water partition coefficient (Wildman–Crippen LogP) is 0.156. The van der Waals surface area contributed by atoms with E-state index >= 15 is 0 Å². The summed E-state index contributed by atoms with van der Waals surface area (Å²) in [7, 11) is 0. The highest BCUT2D eigenvalue weighted by Gasteiger charge is 2.15. The minimum Gasteiger partial charge on any atom is -0.379 e. The molecule has 0 bridgehead atoms. The third-order valence-electron chi connectivity index (χ3n) is 0.821. The van der Waals surface area contributed by atoms with Gasteiger partial charge in [0.15, 0.2) is 0 Å². The van der Waals surface area contributed by atoms with Crippen LogP contribution in [0.1, 0.15) is 0 Å². The van der Waals surface area contributed by atoms with Gasteiger partial charge in [-0.25, -0.2) is 0 Å². The van der Waals surface area contributed by atoms with Crippen LogP contribution < -0.4 is 0 Å². The Kier molecular flexibility index (Phi) is 0.771. The van der Waals surface area contributed by atoms with Gasteiger partial charge in [0.05, 0.1) is 25.2 Å². The molecule has 1 fully saturated rings. The van der Waals surface area contributed by atoms with Gasteiger partial charge >= 0.3 is 0 Å². The standard InChI is InChI=1S/C4H5NO/c5-1-4-2-6-3-4/h4H,2-3H2. The number of nitriles is 1. The molecule has 6 heavy (non-hydrogen) atoms. The summed E-state index contributed by atoms with van der Waals surface area (Å²) in [5.41, 5.74) is 0. The van der Waals surface area contributed by atoms with Gasteiger partial charge in [-0.3, -0.25) is 0 Å². The predicted molar refractivity (Wildman–Crippen MR) is 19.9 cm³/mol. The van der Waals surface area contributed by atoms with Crippen LogP contribution in [0, 0.1) is 17.2 Å². The minimum absolute atomic E-state index is 0.199. The van der Waals surface area contributed by atoms with E-state index in [0.717, 1.165) is 0 Å². The molecule has 0 saturated carbocycles. The van der Waals surface area contributed by atoms with E-state index in [9.17, 15) is 0 Å². The first-order valence-corrected chi connectivity index (χ1v) is 1.91. The monoisotopic (exact) mass is 83.0 g/mol. The molecule has 1 rings (SSSR count). The van der Waals surface area contributed by atoms with Crippen LogP contribution in [0.25, 0.3) is 0 Å². The van der Waals surface area contributed by atoms with Crippen molar-refractivity contribution < 1.29 is 4.74 Å². The van der Waals surface area contributed by atoms with Crippen molar-refractivity contribution in [3.05, 3.63) is 0 Å². The molecular weight excluding hydrogens is 78.0 g/mol. The molecule has 0 unspecified atom stereocenters. The Morgan fingerprint density at radius 3 is 2.33 bits per heavy atom. The molecule has 0 aromatic rings. The molecule has 2 heteroatoms. The zero-order valence-electron chi connectivity index (χ0n) is 3.35. The lowest BCUT2D eigenvalue weighted by Gasteiger charge is -2.17. The minimum atomic E-state index is 0.199. The Hall–Kier alpha value is -0.550. The lowest BCUT2D eigenvalue weighted by Crippen LogP contribution is -2.25. The van der Waals surface area contributed by atoms with Gasteiger partial charge in [0.25, 0.3) is 0 Å². The Labute approximate surface area is 36.3 Å². The van der Waals surface area contributed by atoms with Gasteiger partial charge in [-0.1, -0.05) is 0 Å². The summed E-state index contributed by atoms with van der Waals surface area (Å²) < 4.78 is 4.70. The zero-order valence-corrected chi connectivity index (χ0v) is 3.35. The summed E-state index contributed by atoms with van der Waals surface area (Å²) in [5.74, 6) is 0.199. The molecule has 2 nitrogen and oxygen atoms in total. The Bertz CT molecular complexity index is 80.0. The number of hydrogen-bond acceptors (Lipinski definition) is 2. The molecule has 0 atom stereocenters. The maximum absolute atomic E-state index is 8.06. The van der Waals surface area contributed by atoms with Crippen LogP contribution >= 0.6 is 0 Å². The molecule has 0 spiro atoms. The average molecular weight is 83.1 g/mol. The summed E-state index contributed by atoms with van der Waals surface area (Å²) in [6, 6.07) is 2.08. The van der Waals surface area contributed by atoms with Crippen LogP contribution in [0.4, 0.5) is 0 Å².